The molecule has 0 aliphatic carbocycles. The van der Waals surface area contributed by atoms with E-state index in [0.717, 1.165) is 0 Å². The lowest BCUT2D eigenvalue weighted by Crippen LogP contribution is -2.69. The highest BCUT2D eigenvalue weighted by molar-refractivity contribution is 4.96. The number of alkyl halides is 21. The fourth-order valence-corrected chi connectivity index (χ4v) is 1.87. The molecule has 1 N–H and O–H groups in total. The number of aliphatic hydroxyl groups excluding tert-OH is 1. The zero-order valence-electron chi connectivity index (χ0n) is 16.7. The molecule has 0 rings (SSSR count). The Balaban J connectivity index is 7.01. The molecule has 0 aromatic carbocycles. The van der Waals surface area contributed by atoms with Gasteiger partial charge in [0.2, 0.25) is 0 Å². The van der Waals surface area contributed by atoms with Crippen LogP contribution in [0.15, 0.2) is 0 Å². The minimum absolute atomic E-state index is 1.17. The first kappa shape index (κ1) is 36.4. The van der Waals surface area contributed by atoms with Crippen LogP contribution in [0, 0.1) is 0 Å². The molecule has 25 heteroatoms. The molecule has 3 atom stereocenters. The summed E-state index contributed by atoms with van der Waals surface area (Å²) >= 11 is 0. The predicted octanol–water partition coefficient (Wildman–Crippen LogP) is 6.83. The second kappa shape index (κ2) is 10.1. The lowest BCUT2D eigenvalue weighted by atomic mass is 10.1. The summed E-state index contributed by atoms with van der Waals surface area (Å²) in [6.07, 6.45) is -59.4. The zero-order chi connectivity index (χ0) is 31.2. The quantitative estimate of drug-likeness (QED) is 0.256. The number of aliphatic hydroxyl groups is 1. The van der Waals surface area contributed by atoms with Gasteiger partial charge >= 0.3 is 60.6 Å². The SMILES string of the molecule is OCCCC(F)(OC(F)(F)C(F)(OC(F)(F)C(F)(OC(F)(F)C(F)(F)F)C(F)(F)F)C(F)(F)F)C(F)(F)F. The minimum Gasteiger partial charge on any atom is -0.396 e. The molecule has 0 bridgehead atoms. The van der Waals surface area contributed by atoms with Gasteiger partial charge in [0.15, 0.2) is 0 Å². The van der Waals surface area contributed by atoms with E-state index in [1.807, 2.05) is 4.74 Å². The largest absolute Gasteiger partial charge is 0.483 e. The van der Waals surface area contributed by atoms with E-state index < -0.39 is 80.0 Å². The van der Waals surface area contributed by atoms with E-state index in [1.54, 1.807) is 0 Å². The van der Waals surface area contributed by atoms with Crippen LogP contribution in [-0.2, 0) is 14.2 Å². The summed E-state index contributed by atoms with van der Waals surface area (Å²) in [6, 6.07) is 0. The van der Waals surface area contributed by atoms with Crippen LogP contribution in [-0.4, -0.2) is 72.3 Å². The Labute approximate surface area is 193 Å². The van der Waals surface area contributed by atoms with Gasteiger partial charge in [-0.25, -0.2) is 4.39 Å². The maximum atomic E-state index is 14.1. The summed E-state index contributed by atoms with van der Waals surface area (Å²) in [6.45, 7) is -1.61. The molecular weight excluding hydrogens is 619 g/mol. The minimum atomic E-state index is -8.43. The van der Waals surface area contributed by atoms with Crippen LogP contribution < -0.4 is 0 Å². The monoisotopic (exact) mass is 626 g/mol. The van der Waals surface area contributed by atoms with Gasteiger partial charge in [0.1, 0.15) is 0 Å². The van der Waals surface area contributed by atoms with Crippen molar-refractivity contribution < 1.29 is 112 Å². The van der Waals surface area contributed by atoms with Gasteiger partial charge in [0.25, 0.3) is 0 Å². The molecule has 0 radical (unpaired) electrons. The first-order valence-corrected chi connectivity index (χ1v) is 8.36. The van der Waals surface area contributed by atoms with Crippen molar-refractivity contribution in [3.8, 4) is 0 Å². The second-order valence-corrected chi connectivity index (χ2v) is 6.59. The highest BCUT2D eigenvalue weighted by atomic mass is 19.4. The maximum absolute atomic E-state index is 14.1. The molecule has 0 spiro atoms. The molecule has 0 heterocycles. The first-order valence-electron chi connectivity index (χ1n) is 8.36. The second-order valence-electron chi connectivity index (χ2n) is 6.59. The lowest BCUT2D eigenvalue weighted by Gasteiger charge is -2.42. The van der Waals surface area contributed by atoms with Gasteiger partial charge in [0, 0.05) is 13.0 Å². The summed E-state index contributed by atoms with van der Waals surface area (Å²) < 4.78 is 277. The lowest BCUT2D eigenvalue weighted by molar-refractivity contribution is -0.578. The molecular formula is C13H7F21O4. The Bertz CT molecular complexity index is 799. The average molecular weight is 626 g/mol. The van der Waals surface area contributed by atoms with E-state index >= 15 is 0 Å². The van der Waals surface area contributed by atoms with Gasteiger partial charge < -0.3 is 5.11 Å². The standard InChI is InChI=1S/C13H7F21O4/c14-4(2-1-3-35,7(17,18)19)36-11(29,30)5(15,8(20,21)22)37-12(31,32)6(16,9(23,24)25)38-13(33,34)10(26,27)28/h35H,1-3H2. The number of halogens is 21. The van der Waals surface area contributed by atoms with Gasteiger partial charge in [-0.1, -0.05) is 0 Å². The molecule has 230 valence electrons. The molecule has 0 fully saturated rings. The Hall–Kier alpha value is -1.63. The van der Waals surface area contributed by atoms with Crippen molar-refractivity contribution in [1.29, 1.82) is 0 Å². The molecule has 0 amide bonds. The first-order chi connectivity index (χ1) is 16.2. The molecule has 0 aromatic rings. The van der Waals surface area contributed by atoms with E-state index in [-0.39, 0.29) is 0 Å². The summed E-state index contributed by atoms with van der Waals surface area (Å²) in [5, 5.41) is 8.29. The highest BCUT2D eigenvalue weighted by Gasteiger charge is 2.86. The maximum Gasteiger partial charge on any atom is 0.483 e. The van der Waals surface area contributed by atoms with Gasteiger partial charge in [-0.2, -0.15) is 87.8 Å². The molecule has 0 aliphatic rings. The average Bonchev–Trinajstić information content (AvgIpc) is 2.61. The van der Waals surface area contributed by atoms with Crippen molar-refractivity contribution >= 4 is 0 Å². The molecule has 0 saturated heterocycles. The predicted molar refractivity (Wildman–Crippen MR) is 70.2 cm³/mol. The third kappa shape index (κ3) is 6.74. The fourth-order valence-electron chi connectivity index (χ4n) is 1.87. The van der Waals surface area contributed by atoms with Crippen molar-refractivity contribution in [3.05, 3.63) is 0 Å². The van der Waals surface area contributed by atoms with Gasteiger partial charge in [-0.3, -0.25) is 14.2 Å². The Morgan fingerprint density at radius 2 is 0.711 bits per heavy atom. The van der Waals surface area contributed by atoms with Crippen LogP contribution in [0.5, 0.6) is 0 Å². The number of hydrogen-bond donors (Lipinski definition) is 1. The smallest absolute Gasteiger partial charge is 0.396 e. The summed E-state index contributed by atoms with van der Waals surface area (Å²) in [4.78, 5) is 0. The molecule has 0 aromatic heterocycles. The van der Waals surface area contributed by atoms with Crippen molar-refractivity contribution in [2.24, 2.45) is 0 Å². The van der Waals surface area contributed by atoms with Crippen LogP contribution in [0.2, 0.25) is 0 Å². The van der Waals surface area contributed by atoms with E-state index in [2.05, 4.69) is 0 Å². The molecule has 0 saturated carbocycles. The topological polar surface area (TPSA) is 47.9 Å². The molecule has 0 aliphatic heterocycles. The third-order valence-corrected chi connectivity index (χ3v) is 3.72. The van der Waals surface area contributed by atoms with Crippen LogP contribution in [0.4, 0.5) is 92.2 Å². The number of hydrogen-bond acceptors (Lipinski definition) is 4. The van der Waals surface area contributed by atoms with Crippen LogP contribution in [0.1, 0.15) is 12.8 Å². The normalized spacial score (nSPS) is 20.1. The van der Waals surface area contributed by atoms with Gasteiger partial charge in [-0.15, -0.1) is 0 Å². The van der Waals surface area contributed by atoms with Crippen molar-refractivity contribution in [1.82, 2.24) is 0 Å². The Morgan fingerprint density at radius 3 is 0.974 bits per heavy atom. The van der Waals surface area contributed by atoms with Crippen molar-refractivity contribution in [2.75, 3.05) is 6.61 Å². The van der Waals surface area contributed by atoms with Crippen LogP contribution in [0.3, 0.4) is 0 Å². The fraction of sp³-hybridized carbons (Fsp3) is 1.00. The summed E-state index contributed by atoms with van der Waals surface area (Å²) in [7, 11) is 0. The summed E-state index contributed by atoms with van der Waals surface area (Å²) in [5.41, 5.74) is 0. The van der Waals surface area contributed by atoms with Crippen molar-refractivity contribution in [2.45, 2.75) is 73.4 Å². The third-order valence-electron chi connectivity index (χ3n) is 3.72. The number of rotatable bonds is 11. The van der Waals surface area contributed by atoms with Crippen LogP contribution >= 0.6 is 0 Å². The Morgan fingerprint density at radius 1 is 0.395 bits per heavy atom. The zero-order valence-corrected chi connectivity index (χ0v) is 16.7. The van der Waals surface area contributed by atoms with Crippen LogP contribution in [0.25, 0.3) is 0 Å². The Kier molecular flexibility index (Phi) is 9.65. The van der Waals surface area contributed by atoms with E-state index in [9.17, 15) is 92.2 Å². The van der Waals surface area contributed by atoms with Gasteiger partial charge in [-0.05, 0) is 6.42 Å². The highest BCUT2D eigenvalue weighted by Crippen LogP contribution is 2.58. The van der Waals surface area contributed by atoms with Gasteiger partial charge in [0.05, 0.1) is 0 Å². The van der Waals surface area contributed by atoms with E-state index in [0.29, 0.717) is 0 Å². The molecule has 3 unspecified atom stereocenters. The van der Waals surface area contributed by atoms with E-state index in [1.165, 1.54) is 9.47 Å². The molecule has 38 heavy (non-hydrogen) atoms. The van der Waals surface area contributed by atoms with E-state index in [4.69, 9.17) is 5.11 Å². The van der Waals surface area contributed by atoms with Crippen molar-refractivity contribution in [3.63, 3.8) is 0 Å². The molecule has 4 nitrogen and oxygen atoms in total. The number of ether oxygens (including phenoxy) is 3. The summed E-state index contributed by atoms with van der Waals surface area (Å²) in [5.74, 6) is -22.9.